The van der Waals surface area contributed by atoms with Crippen LogP contribution < -0.4 is 0 Å². The Morgan fingerprint density at radius 3 is 1.56 bits per heavy atom. The van der Waals surface area contributed by atoms with Crippen LogP contribution in [0, 0.1) is 0 Å². The van der Waals surface area contributed by atoms with E-state index in [0.717, 1.165) is 0 Å². The van der Waals surface area contributed by atoms with Crippen LogP contribution in [0.1, 0.15) is 116 Å². The van der Waals surface area contributed by atoms with Gasteiger partial charge in [-0.05, 0) is 30.9 Å². The Bertz CT molecular complexity index is 415. The zero-order valence-corrected chi connectivity index (χ0v) is 17.1. The lowest BCUT2D eigenvalue weighted by Crippen LogP contribution is -1.83. The fraction of sp³-hybridized carbons (Fsp3) is 0.680. The minimum atomic E-state index is 1.23. The Kier molecular flexibility index (Phi) is 14.5. The number of hydrogen-bond donors (Lipinski definition) is 0. The summed E-state index contributed by atoms with van der Waals surface area (Å²) in [7, 11) is 0. The summed E-state index contributed by atoms with van der Waals surface area (Å²) in [4.78, 5) is 0. The molecule has 25 heavy (non-hydrogen) atoms. The third-order valence-corrected chi connectivity index (χ3v) is 5.24. The summed E-state index contributed by atoms with van der Waals surface area (Å²) < 4.78 is 0. The van der Waals surface area contributed by atoms with Crippen LogP contribution in [0.3, 0.4) is 0 Å². The maximum Gasteiger partial charge on any atom is -0.0231 e. The van der Waals surface area contributed by atoms with Gasteiger partial charge in [-0.2, -0.15) is 0 Å². The molecule has 0 amide bonds. The van der Waals surface area contributed by atoms with Crippen LogP contribution in [-0.4, -0.2) is 0 Å². The first-order valence-corrected chi connectivity index (χ1v) is 11.1. The average Bonchev–Trinajstić information content (AvgIpc) is 2.65. The second-order valence-corrected chi connectivity index (χ2v) is 7.64. The molecule has 0 atom stereocenters. The van der Waals surface area contributed by atoms with Crippen molar-refractivity contribution < 1.29 is 0 Å². The first-order valence-electron chi connectivity index (χ1n) is 11.1. The van der Waals surface area contributed by atoms with E-state index in [1.54, 1.807) is 0 Å². The predicted molar refractivity (Wildman–Crippen MR) is 115 cm³/mol. The zero-order valence-electron chi connectivity index (χ0n) is 17.1. The van der Waals surface area contributed by atoms with Crippen LogP contribution in [0.2, 0.25) is 0 Å². The van der Waals surface area contributed by atoms with Crippen molar-refractivity contribution >= 4 is 5.57 Å². The molecule has 1 aromatic rings. The second-order valence-electron chi connectivity index (χ2n) is 7.64. The summed E-state index contributed by atoms with van der Waals surface area (Å²) in [6, 6.07) is 10.7. The van der Waals surface area contributed by atoms with Gasteiger partial charge in [0, 0.05) is 0 Å². The Hall–Kier alpha value is -1.04. The van der Waals surface area contributed by atoms with Crippen molar-refractivity contribution in [3.05, 3.63) is 42.0 Å². The Labute approximate surface area is 158 Å². The molecule has 0 spiro atoms. The van der Waals surface area contributed by atoms with E-state index in [9.17, 15) is 0 Å². The van der Waals surface area contributed by atoms with Crippen LogP contribution in [0.4, 0.5) is 0 Å². The van der Waals surface area contributed by atoms with Crippen LogP contribution in [0.15, 0.2) is 36.4 Å². The van der Waals surface area contributed by atoms with Crippen molar-refractivity contribution in [1.82, 2.24) is 0 Å². The Balaban J connectivity index is 1.83. The molecule has 0 aliphatic heterocycles. The van der Waals surface area contributed by atoms with Gasteiger partial charge in [0.15, 0.2) is 0 Å². The molecular formula is C25H42. The number of allylic oxidation sites excluding steroid dienone is 2. The molecule has 0 saturated heterocycles. The van der Waals surface area contributed by atoms with Gasteiger partial charge in [-0.1, -0.05) is 127 Å². The molecule has 0 heterocycles. The number of hydrogen-bond acceptors (Lipinski definition) is 0. The Morgan fingerprint density at radius 1 is 0.640 bits per heavy atom. The standard InChI is InChI=1S/C25H42/c1-3-4-5-6-7-8-9-10-11-12-13-14-15-16-18-21-24(2)25-22-19-17-20-23-25/h17,19-23H,3-16,18H2,1-2H3/b24-21-. The first kappa shape index (κ1) is 22.0. The highest BCUT2D eigenvalue weighted by Gasteiger charge is 1.95. The van der Waals surface area contributed by atoms with Crippen molar-refractivity contribution in [2.45, 2.75) is 110 Å². The average molecular weight is 343 g/mol. The molecule has 0 bridgehead atoms. The SMILES string of the molecule is CCCCCCCCCCCCCCCC/C=C(/C)c1ccccc1. The third-order valence-electron chi connectivity index (χ3n) is 5.24. The molecule has 0 radical (unpaired) electrons. The molecular weight excluding hydrogens is 300 g/mol. The van der Waals surface area contributed by atoms with Gasteiger partial charge in [-0.3, -0.25) is 0 Å². The normalized spacial score (nSPS) is 11.8. The van der Waals surface area contributed by atoms with Gasteiger partial charge in [0.2, 0.25) is 0 Å². The van der Waals surface area contributed by atoms with Crippen molar-refractivity contribution in [3.8, 4) is 0 Å². The smallest absolute Gasteiger partial charge is 0.0231 e. The summed E-state index contributed by atoms with van der Waals surface area (Å²) in [6.45, 7) is 4.53. The number of benzene rings is 1. The summed E-state index contributed by atoms with van der Waals surface area (Å²) in [5, 5.41) is 0. The molecule has 0 aliphatic carbocycles. The van der Waals surface area contributed by atoms with Gasteiger partial charge in [-0.25, -0.2) is 0 Å². The number of rotatable bonds is 16. The van der Waals surface area contributed by atoms with E-state index in [2.05, 4.69) is 50.3 Å². The molecule has 0 saturated carbocycles. The summed E-state index contributed by atoms with van der Waals surface area (Å²) >= 11 is 0. The van der Waals surface area contributed by atoms with E-state index in [1.165, 1.54) is 107 Å². The molecule has 0 fully saturated rings. The highest BCUT2D eigenvalue weighted by molar-refractivity contribution is 5.63. The quantitative estimate of drug-likeness (QED) is 0.263. The van der Waals surface area contributed by atoms with Gasteiger partial charge < -0.3 is 0 Å². The lowest BCUT2D eigenvalue weighted by Gasteiger charge is -2.03. The van der Waals surface area contributed by atoms with Gasteiger partial charge in [0.25, 0.3) is 0 Å². The third kappa shape index (κ3) is 12.9. The first-order chi connectivity index (χ1) is 12.3. The van der Waals surface area contributed by atoms with Crippen LogP contribution in [0.5, 0.6) is 0 Å². The number of unbranched alkanes of at least 4 members (excludes halogenated alkanes) is 14. The van der Waals surface area contributed by atoms with Gasteiger partial charge >= 0.3 is 0 Å². The zero-order chi connectivity index (χ0) is 18.0. The van der Waals surface area contributed by atoms with Crippen LogP contribution >= 0.6 is 0 Å². The maximum atomic E-state index is 2.41. The van der Waals surface area contributed by atoms with Crippen LogP contribution in [-0.2, 0) is 0 Å². The molecule has 142 valence electrons. The van der Waals surface area contributed by atoms with E-state index in [1.807, 2.05) is 0 Å². The monoisotopic (exact) mass is 342 g/mol. The molecule has 1 rings (SSSR count). The predicted octanol–water partition coefficient (Wildman–Crippen LogP) is 8.96. The van der Waals surface area contributed by atoms with E-state index in [4.69, 9.17) is 0 Å². The molecule has 0 aromatic heterocycles. The molecule has 0 heteroatoms. The largest absolute Gasteiger partial charge is 0.0810 e. The van der Waals surface area contributed by atoms with Crippen molar-refractivity contribution in [2.75, 3.05) is 0 Å². The molecule has 0 aliphatic rings. The Morgan fingerprint density at radius 2 is 1.08 bits per heavy atom. The maximum absolute atomic E-state index is 2.41. The van der Waals surface area contributed by atoms with Gasteiger partial charge in [-0.15, -0.1) is 0 Å². The van der Waals surface area contributed by atoms with Gasteiger partial charge in [0.1, 0.15) is 0 Å². The summed E-state index contributed by atoms with van der Waals surface area (Å²) in [5.41, 5.74) is 2.79. The minimum Gasteiger partial charge on any atom is -0.0810 e. The lowest BCUT2D eigenvalue weighted by atomic mass is 10.0. The molecule has 1 aromatic carbocycles. The highest BCUT2D eigenvalue weighted by Crippen LogP contribution is 2.16. The fourth-order valence-corrected chi connectivity index (χ4v) is 3.48. The fourth-order valence-electron chi connectivity index (χ4n) is 3.48. The topological polar surface area (TPSA) is 0 Å². The second kappa shape index (κ2) is 16.4. The molecule has 0 nitrogen and oxygen atoms in total. The lowest BCUT2D eigenvalue weighted by molar-refractivity contribution is 0.536. The van der Waals surface area contributed by atoms with Crippen LogP contribution in [0.25, 0.3) is 5.57 Å². The van der Waals surface area contributed by atoms with Crippen molar-refractivity contribution in [2.24, 2.45) is 0 Å². The van der Waals surface area contributed by atoms with Crippen molar-refractivity contribution in [3.63, 3.8) is 0 Å². The van der Waals surface area contributed by atoms with E-state index < -0.39 is 0 Å². The molecule has 0 unspecified atom stereocenters. The highest BCUT2D eigenvalue weighted by atomic mass is 14.0. The molecule has 0 N–H and O–H groups in total. The van der Waals surface area contributed by atoms with E-state index >= 15 is 0 Å². The summed E-state index contributed by atoms with van der Waals surface area (Å²) in [6.07, 6.45) is 23.8. The minimum absolute atomic E-state index is 1.23. The van der Waals surface area contributed by atoms with E-state index in [-0.39, 0.29) is 0 Å². The summed E-state index contributed by atoms with van der Waals surface area (Å²) in [5.74, 6) is 0. The van der Waals surface area contributed by atoms with E-state index in [0.29, 0.717) is 0 Å². The van der Waals surface area contributed by atoms with Crippen molar-refractivity contribution in [1.29, 1.82) is 0 Å². The van der Waals surface area contributed by atoms with Gasteiger partial charge in [0.05, 0.1) is 0 Å².